The number of carboxylic acid groups (broad SMARTS) is 1. The summed E-state index contributed by atoms with van der Waals surface area (Å²) in [7, 11) is 0. The molecule has 108 valence electrons. The quantitative estimate of drug-likeness (QED) is 0.739. The summed E-state index contributed by atoms with van der Waals surface area (Å²) in [6.07, 6.45) is 0. The molecular formula is C14H9BrFNO4. The smallest absolute Gasteiger partial charge is 0.335 e. The van der Waals surface area contributed by atoms with Crippen molar-refractivity contribution in [3.8, 4) is 5.75 Å². The zero-order valence-corrected chi connectivity index (χ0v) is 12.0. The number of benzene rings is 2. The number of rotatable bonds is 3. The Hall–Kier alpha value is -2.41. The van der Waals surface area contributed by atoms with Crippen LogP contribution in [0.1, 0.15) is 20.7 Å². The highest BCUT2D eigenvalue weighted by molar-refractivity contribution is 9.10. The van der Waals surface area contributed by atoms with E-state index in [0.717, 1.165) is 12.1 Å². The van der Waals surface area contributed by atoms with E-state index >= 15 is 0 Å². The van der Waals surface area contributed by atoms with Crippen LogP contribution in [-0.2, 0) is 0 Å². The number of hydrogen-bond donors (Lipinski definition) is 3. The van der Waals surface area contributed by atoms with Crippen LogP contribution in [0.2, 0.25) is 0 Å². The number of carboxylic acids is 1. The second-order valence-electron chi connectivity index (χ2n) is 4.09. The van der Waals surface area contributed by atoms with Crippen molar-refractivity contribution in [2.45, 2.75) is 0 Å². The van der Waals surface area contributed by atoms with Gasteiger partial charge in [-0.1, -0.05) is 6.07 Å². The predicted molar refractivity (Wildman–Crippen MR) is 77.1 cm³/mol. The van der Waals surface area contributed by atoms with Crippen molar-refractivity contribution < 1.29 is 24.2 Å². The van der Waals surface area contributed by atoms with Crippen molar-refractivity contribution in [3.63, 3.8) is 0 Å². The summed E-state index contributed by atoms with van der Waals surface area (Å²) in [5.41, 5.74) is -0.350. The molecule has 3 N–H and O–H groups in total. The Morgan fingerprint density at radius 1 is 1.19 bits per heavy atom. The van der Waals surface area contributed by atoms with E-state index in [4.69, 9.17) is 5.11 Å². The molecule has 5 nitrogen and oxygen atoms in total. The van der Waals surface area contributed by atoms with Gasteiger partial charge in [-0.05, 0) is 46.3 Å². The van der Waals surface area contributed by atoms with Gasteiger partial charge in [-0.2, -0.15) is 0 Å². The monoisotopic (exact) mass is 353 g/mol. The zero-order chi connectivity index (χ0) is 15.6. The van der Waals surface area contributed by atoms with E-state index in [1.807, 2.05) is 0 Å². The lowest BCUT2D eigenvalue weighted by atomic mass is 10.1. The fourth-order valence-electron chi connectivity index (χ4n) is 1.67. The first-order chi connectivity index (χ1) is 9.90. The van der Waals surface area contributed by atoms with Gasteiger partial charge in [-0.15, -0.1) is 0 Å². The molecule has 0 unspecified atom stereocenters. The first-order valence-electron chi connectivity index (χ1n) is 5.72. The number of aromatic hydroxyl groups is 1. The minimum Gasteiger partial charge on any atom is -0.506 e. The molecule has 0 radical (unpaired) electrons. The maximum atomic E-state index is 13.6. The largest absolute Gasteiger partial charge is 0.506 e. The standard InChI is InChI=1S/C14H9BrFNO4/c15-8-2-1-3-9(16)12(8)13(19)17-10-5-4-7(14(20)21)6-11(10)18/h1-6,18H,(H,17,19)(H,20,21). The summed E-state index contributed by atoms with van der Waals surface area (Å²) in [4.78, 5) is 22.8. The molecule has 0 atom stereocenters. The fraction of sp³-hybridized carbons (Fsp3) is 0. The maximum absolute atomic E-state index is 13.6. The van der Waals surface area contributed by atoms with Gasteiger partial charge in [0.05, 0.1) is 16.8 Å². The third kappa shape index (κ3) is 3.19. The van der Waals surface area contributed by atoms with Crippen LogP contribution in [0.25, 0.3) is 0 Å². The molecule has 0 aromatic heterocycles. The highest BCUT2D eigenvalue weighted by atomic mass is 79.9. The van der Waals surface area contributed by atoms with Crippen LogP contribution < -0.4 is 5.32 Å². The first kappa shape index (κ1) is 15.0. The Morgan fingerprint density at radius 3 is 2.48 bits per heavy atom. The van der Waals surface area contributed by atoms with E-state index in [-0.39, 0.29) is 21.3 Å². The fourth-order valence-corrected chi connectivity index (χ4v) is 2.19. The number of carbonyl (C=O) groups excluding carboxylic acids is 1. The van der Waals surface area contributed by atoms with Crippen molar-refractivity contribution in [1.29, 1.82) is 0 Å². The molecule has 0 fully saturated rings. The van der Waals surface area contributed by atoms with Gasteiger partial charge in [0.1, 0.15) is 11.6 Å². The Bertz CT molecular complexity index is 713. The molecule has 2 rings (SSSR count). The van der Waals surface area contributed by atoms with Gasteiger partial charge >= 0.3 is 5.97 Å². The first-order valence-corrected chi connectivity index (χ1v) is 6.51. The molecule has 21 heavy (non-hydrogen) atoms. The zero-order valence-electron chi connectivity index (χ0n) is 10.4. The van der Waals surface area contributed by atoms with Crippen molar-refractivity contribution in [2.75, 3.05) is 5.32 Å². The molecule has 0 aliphatic rings. The second-order valence-corrected chi connectivity index (χ2v) is 4.94. The van der Waals surface area contributed by atoms with Crippen molar-refractivity contribution in [3.05, 3.63) is 57.8 Å². The summed E-state index contributed by atoms with van der Waals surface area (Å²) in [5, 5.41) is 20.8. The third-order valence-corrected chi connectivity index (χ3v) is 3.34. The van der Waals surface area contributed by atoms with Crippen LogP contribution in [0.4, 0.5) is 10.1 Å². The molecule has 0 heterocycles. The van der Waals surface area contributed by atoms with Crippen LogP contribution in [0.3, 0.4) is 0 Å². The van der Waals surface area contributed by atoms with Gasteiger partial charge in [-0.25, -0.2) is 9.18 Å². The molecule has 2 aromatic rings. The Labute approximate surface area is 127 Å². The summed E-state index contributed by atoms with van der Waals surface area (Å²) in [6, 6.07) is 7.52. The molecule has 1 amide bonds. The molecular weight excluding hydrogens is 345 g/mol. The number of hydrogen-bond acceptors (Lipinski definition) is 3. The Morgan fingerprint density at radius 2 is 1.90 bits per heavy atom. The molecule has 0 spiro atoms. The van der Waals surface area contributed by atoms with Gasteiger partial charge in [-0.3, -0.25) is 4.79 Å². The lowest BCUT2D eigenvalue weighted by Crippen LogP contribution is -2.14. The topological polar surface area (TPSA) is 86.6 Å². The normalized spacial score (nSPS) is 10.2. The van der Waals surface area contributed by atoms with Crippen LogP contribution in [-0.4, -0.2) is 22.1 Å². The van der Waals surface area contributed by atoms with E-state index in [2.05, 4.69) is 21.2 Å². The lowest BCUT2D eigenvalue weighted by Gasteiger charge is -2.09. The molecule has 7 heteroatoms. The maximum Gasteiger partial charge on any atom is 0.335 e. The number of halogens is 2. The molecule has 0 saturated heterocycles. The number of anilines is 1. The minimum atomic E-state index is -1.21. The number of carbonyl (C=O) groups is 2. The second kappa shape index (κ2) is 5.92. The SMILES string of the molecule is O=C(O)c1ccc(NC(=O)c2c(F)cccc2Br)c(O)c1. The molecule has 0 bridgehead atoms. The molecule has 0 aliphatic heterocycles. The van der Waals surface area contributed by atoms with Crippen LogP contribution in [0.5, 0.6) is 5.75 Å². The average Bonchev–Trinajstić information content (AvgIpc) is 2.40. The number of phenolic OH excluding ortho intramolecular Hbond substituents is 1. The van der Waals surface area contributed by atoms with Gasteiger partial charge in [0.2, 0.25) is 0 Å². The van der Waals surface area contributed by atoms with Crippen molar-refractivity contribution in [2.24, 2.45) is 0 Å². The van der Waals surface area contributed by atoms with E-state index in [1.165, 1.54) is 24.3 Å². The van der Waals surface area contributed by atoms with Crippen molar-refractivity contribution >= 4 is 33.5 Å². The van der Waals surface area contributed by atoms with Gasteiger partial charge < -0.3 is 15.5 Å². The van der Waals surface area contributed by atoms with Gasteiger partial charge in [0.25, 0.3) is 5.91 Å². The molecule has 2 aromatic carbocycles. The third-order valence-electron chi connectivity index (χ3n) is 2.68. The lowest BCUT2D eigenvalue weighted by molar-refractivity contribution is 0.0696. The number of phenols is 1. The Balaban J connectivity index is 2.30. The average molecular weight is 354 g/mol. The number of nitrogens with one attached hydrogen (secondary N) is 1. The molecule has 0 saturated carbocycles. The highest BCUT2D eigenvalue weighted by Gasteiger charge is 2.17. The summed E-state index contributed by atoms with van der Waals surface area (Å²) < 4.78 is 13.9. The minimum absolute atomic E-state index is 0.0137. The highest BCUT2D eigenvalue weighted by Crippen LogP contribution is 2.26. The summed E-state index contributed by atoms with van der Waals surface area (Å²) in [6.45, 7) is 0. The summed E-state index contributed by atoms with van der Waals surface area (Å²) in [5.74, 6) is -3.11. The van der Waals surface area contributed by atoms with Crippen LogP contribution >= 0.6 is 15.9 Å². The molecule has 0 aliphatic carbocycles. The van der Waals surface area contributed by atoms with Crippen LogP contribution in [0.15, 0.2) is 40.9 Å². The predicted octanol–water partition coefficient (Wildman–Crippen LogP) is 3.24. The van der Waals surface area contributed by atoms with Crippen molar-refractivity contribution in [1.82, 2.24) is 0 Å². The van der Waals surface area contributed by atoms with E-state index in [9.17, 15) is 19.1 Å². The van der Waals surface area contributed by atoms with E-state index in [1.54, 1.807) is 0 Å². The van der Waals surface area contributed by atoms with E-state index < -0.39 is 23.4 Å². The van der Waals surface area contributed by atoms with Gasteiger partial charge in [0.15, 0.2) is 0 Å². The number of aromatic carboxylic acids is 1. The van der Waals surface area contributed by atoms with Gasteiger partial charge in [0, 0.05) is 4.47 Å². The summed E-state index contributed by atoms with van der Waals surface area (Å²) >= 11 is 3.07. The Kier molecular flexibility index (Phi) is 4.23. The number of amides is 1. The van der Waals surface area contributed by atoms with Crippen LogP contribution in [0, 0.1) is 5.82 Å². The van der Waals surface area contributed by atoms with E-state index in [0.29, 0.717) is 0 Å².